The molecule has 0 aliphatic carbocycles. The molecule has 0 saturated heterocycles. The summed E-state index contributed by atoms with van der Waals surface area (Å²) < 4.78 is 5.56. The van der Waals surface area contributed by atoms with E-state index in [1.54, 1.807) is 6.07 Å². The van der Waals surface area contributed by atoms with Crippen molar-refractivity contribution in [3.63, 3.8) is 0 Å². The van der Waals surface area contributed by atoms with Crippen molar-refractivity contribution in [3.05, 3.63) is 71.5 Å². The quantitative estimate of drug-likeness (QED) is 0.785. The number of fused-ring (bicyclic) bond motifs is 1. The van der Waals surface area contributed by atoms with Crippen LogP contribution in [-0.4, -0.2) is 24.9 Å². The summed E-state index contributed by atoms with van der Waals surface area (Å²) in [5.41, 5.74) is 3.05. The minimum absolute atomic E-state index is 0.196. The average Bonchev–Trinajstić information content (AvgIpc) is 2.97. The maximum atomic E-state index is 12.2. The van der Waals surface area contributed by atoms with Crippen molar-refractivity contribution in [2.24, 2.45) is 0 Å². The van der Waals surface area contributed by atoms with Crippen molar-refractivity contribution >= 4 is 16.9 Å². The van der Waals surface area contributed by atoms with E-state index in [0.717, 1.165) is 23.1 Å². The molecule has 0 saturated carbocycles. The van der Waals surface area contributed by atoms with Gasteiger partial charge in [0.2, 0.25) is 0 Å². The molecular weight excluding hydrogens is 288 g/mol. The normalized spacial score (nSPS) is 11.1. The lowest BCUT2D eigenvalue weighted by molar-refractivity contribution is 0.0925. The molecule has 118 valence electrons. The lowest BCUT2D eigenvalue weighted by atomic mass is 10.1. The fourth-order valence-electron chi connectivity index (χ4n) is 2.49. The number of carbonyl (C=O) groups is 1. The number of para-hydroxylation sites is 1. The SMILES string of the molecule is CN(C)Cc1ccc(CNC(=O)c2cc3ccccc3o2)cc1. The van der Waals surface area contributed by atoms with Crippen LogP contribution in [0.25, 0.3) is 11.0 Å². The van der Waals surface area contributed by atoms with Gasteiger partial charge in [0.1, 0.15) is 5.58 Å². The molecule has 0 spiro atoms. The Labute approximate surface area is 135 Å². The van der Waals surface area contributed by atoms with E-state index in [-0.39, 0.29) is 5.91 Å². The summed E-state index contributed by atoms with van der Waals surface area (Å²) in [5.74, 6) is 0.147. The molecule has 1 amide bonds. The second kappa shape index (κ2) is 6.67. The monoisotopic (exact) mass is 308 g/mol. The molecule has 1 heterocycles. The Morgan fingerprint density at radius 2 is 1.74 bits per heavy atom. The highest BCUT2D eigenvalue weighted by Crippen LogP contribution is 2.18. The number of amides is 1. The van der Waals surface area contributed by atoms with E-state index in [1.807, 2.05) is 50.5 Å². The van der Waals surface area contributed by atoms with Gasteiger partial charge in [-0.05, 0) is 37.4 Å². The van der Waals surface area contributed by atoms with Gasteiger partial charge < -0.3 is 14.6 Å². The lowest BCUT2D eigenvalue weighted by Crippen LogP contribution is -2.22. The van der Waals surface area contributed by atoms with Gasteiger partial charge in [0.15, 0.2) is 5.76 Å². The summed E-state index contributed by atoms with van der Waals surface area (Å²) in [4.78, 5) is 14.3. The van der Waals surface area contributed by atoms with Crippen LogP contribution in [0.3, 0.4) is 0 Å². The Balaban J connectivity index is 1.62. The Morgan fingerprint density at radius 3 is 2.43 bits per heavy atom. The average molecular weight is 308 g/mol. The minimum atomic E-state index is -0.196. The zero-order valence-electron chi connectivity index (χ0n) is 13.4. The van der Waals surface area contributed by atoms with Crippen LogP contribution in [0.2, 0.25) is 0 Å². The number of nitrogens with zero attached hydrogens (tertiary/aromatic N) is 1. The molecule has 0 fully saturated rings. The highest BCUT2D eigenvalue weighted by atomic mass is 16.3. The van der Waals surface area contributed by atoms with Gasteiger partial charge in [0.05, 0.1) is 0 Å². The van der Waals surface area contributed by atoms with Crippen LogP contribution < -0.4 is 5.32 Å². The van der Waals surface area contributed by atoms with Crippen LogP contribution in [0.15, 0.2) is 59.0 Å². The molecule has 23 heavy (non-hydrogen) atoms. The topological polar surface area (TPSA) is 45.5 Å². The van der Waals surface area contributed by atoms with E-state index in [0.29, 0.717) is 12.3 Å². The Morgan fingerprint density at radius 1 is 1.04 bits per heavy atom. The molecule has 3 aromatic rings. The second-order valence-corrected chi connectivity index (χ2v) is 5.89. The number of hydrogen-bond acceptors (Lipinski definition) is 3. The zero-order valence-corrected chi connectivity index (χ0v) is 13.4. The molecule has 1 aromatic heterocycles. The molecule has 2 aromatic carbocycles. The van der Waals surface area contributed by atoms with Crippen LogP contribution >= 0.6 is 0 Å². The summed E-state index contributed by atoms with van der Waals surface area (Å²) >= 11 is 0. The first-order valence-corrected chi connectivity index (χ1v) is 7.61. The predicted molar refractivity (Wildman–Crippen MR) is 91.2 cm³/mol. The van der Waals surface area contributed by atoms with Crippen molar-refractivity contribution in [2.45, 2.75) is 13.1 Å². The molecule has 4 heteroatoms. The Hall–Kier alpha value is -2.59. The second-order valence-electron chi connectivity index (χ2n) is 5.89. The highest BCUT2D eigenvalue weighted by molar-refractivity contribution is 5.95. The molecule has 4 nitrogen and oxygen atoms in total. The van der Waals surface area contributed by atoms with Gasteiger partial charge in [-0.15, -0.1) is 0 Å². The smallest absolute Gasteiger partial charge is 0.287 e. The zero-order chi connectivity index (χ0) is 16.2. The molecule has 0 radical (unpaired) electrons. The minimum Gasteiger partial charge on any atom is -0.451 e. The summed E-state index contributed by atoms with van der Waals surface area (Å²) in [6.45, 7) is 1.39. The third-order valence-corrected chi connectivity index (χ3v) is 3.62. The molecule has 0 atom stereocenters. The third kappa shape index (κ3) is 3.79. The van der Waals surface area contributed by atoms with E-state index in [4.69, 9.17) is 4.42 Å². The highest BCUT2D eigenvalue weighted by Gasteiger charge is 2.11. The van der Waals surface area contributed by atoms with Crippen molar-refractivity contribution < 1.29 is 9.21 Å². The van der Waals surface area contributed by atoms with Crippen molar-refractivity contribution in [2.75, 3.05) is 14.1 Å². The molecular formula is C19H20N2O2. The molecule has 0 aliphatic rings. The van der Waals surface area contributed by atoms with Crippen LogP contribution in [0, 0.1) is 0 Å². The first kappa shape index (κ1) is 15.3. The van der Waals surface area contributed by atoms with Gasteiger partial charge in [-0.2, -0.15) is 0 Å². The van der Waals surface area contributed by atoms with Crippen LogP contribution in [0.5, 0.6) is 0 Å². The van der Waals surface area contributed by atoms with Gasteiger partial charge in [-0.25, -0.2) is 0 Å². The summed E-state index contributed by atoms with van der Waals surface area (Å²) in [7, 11) is 4.09. The first-order chi connectivity index (χ1) is 11.1. The fourth-order valence-corrected chi connectivity index (χ4v) is 2.49. The number of hydrogen-bond donors (Lipinski definition) is 1. The van der Waals surface area contributed by atoms with Gasteiger partial charge in [-0.1, -0.05) is 42.5 Å². The number of nitrogens with one attached hydrogen (secondary N) is 1. The maximum Gasteiger partial charge on any atom is 0.287 e. The third-order valence-electron chi connectivity index (χ3n) is 3.62. The standard InChI is InChI=1S/C19H20N2O2/c1-21(2)13-15-9-7-14(8-10-15)12-20-19(22)18-11-16-5-3-4-6-17(16)23-18/h3-11H,12-13H2,1-2H3,(H,20,22). The van der Waals surface area contributed by atoms with Crippen molar-refractivity contribution in [1.82, 2.24) is 10.2 Å². The summed E-state index contributed by atoms with van der Waals surface area (Å²) in [5, 5.41) is 3.83. The van der Waals surface area contributed by atoms with E-state index in [2.05, 4.69) is 22.3 Å². The molecule has 0 unspecified atom stereocenters. The van der Waals surface area contributed by atoms with E-state index in [1.165, 1.54) is 5.56 Å². The first-order valence-electron chi connectivity index (χ1n) is 7.61. The summed E-state index contributed by atoms with van der Waals surface area (Å²) in [6, 6.07) is 17.6. The lowest BCUT2D eigenvalue weighted by Gasteiger charge is -2.10. The Bertz CT molecular complexity index is 771. The van der Waals surface area contributed by atoms with Crippen LogP contribution in [-0.2, 0) is 13.1 Å². The Kier molecular flexibility index (Phi) is 4.44. The van der Waals surface area contributed by atoms with E-state index in [9.17, 15) is 4.79 Å². The molecule has 3 rings (SSSR count). The maximum absolute atomic E-state index is 12.2. The van der Waals surface area contributed by atoms with Gasteiger partial charge in [-0.3, -0.25) is 4.79 Å². The predicted octanol–water partition coefficient (Wildman–Crippen LogP) is 3.42. The summed E-state index contributed by atoms with van der Waals surface area (Å²) in [6.07, 6.45) is 0. The van der Waals surface area contributed by atoms with Crippen molar-refractivity contribution in [3.8, 4) is 0 Å². The number of rotatable bonds is 5. The van der Waals surface area contributed by atoms with E-state index < -0.39 is 0 Å². The molecule has 0 bridgehead atoms. The fraction of sp³-hybridized carbons (Fsp3) is 0.211. The molecule has 1 N–H and O–H groups in total. The van der Waals surface area contributed by atoms with Crippen LogP contribution in [0.1, 0.15) is 21.7 Å². The van der Waals surface area contributed by atoms with Crippen molar-refractivity contribution in [1.29, 1.82) is 0 Å². The largest absolute Gasteiger partial charge is 0.451 e. The number of benzene rings is 2. The van der Waals surface area contributed by atoms with Gasteiger partial charge >= 0.3 is 0 Å². The number of carbonyl (C=O) groups excluding carboxylic acids is 1. The molecule has 0 aliphatic heterocycles. The number of furan rings is 1. The van der Waals surface area contributed by atoms with E-state index >= 15 is 0 Å². The van der Waals surface area contributed by atoms with Gasteiger partial charge in [0.25, 0.3) is 5.91 Å². The van der Waals surface area contributed by atoms with Gasteiger partial charge in [0, 0.05) is 18.5 Å². The van der Waals surface area contributed by atoms with Crippen LogP contribution in [0.4, 0.5) is 0 Å².